The quantitative estimate of drug-likeness (QED) is 0.547. The van der Waals surface area contributed by atoms with E-state index < -0.39 is 0 Å². The standard InChI is InChI=1S/C27H40O3/c1-16-13-18(28)14-20-19(16)15-27(30-20)17(2)7-8-22-25(5)11-10-23(29)24(3,4)21(25)9-12-26(22,27)6/h13-14,17,21-23,28-29H,7-12,15H2,1-6H3. The van der Waals surface area contributed by atoms with Crippen molar-refractivity contribution < 1.29 is 14.9 Å². The van der Waals surface area contributed by atoms with E-state index in [1.807, 2.05) is 12.1 Å². The van der Waals surface area contributed by atoms with E-state index in [4.69, 9.17) is 4.74 Å². The molecule has 1 spiro atoms. The van der Waals surface area contributed by atoms with Crippen LogP contribution in [0, 0.1) is 40.9 Å². The van der Waals surface area contributed by atoms with Crippen LogP contribution in [-0.2, 0) is 6.42 Å². The van der Waals surface area contributed by atoms with Gasteiger partial charge in [-0.1, -0.05) is 34.6 Å². The van der Waals surface area contributed by atoms with E-state index in [-0.39, 0.29) is 27.9 Å². The Kier molecular flexibility index (Phi) is 4.26. The third-order valence-corrected chi connectivity index (χ3v) is 10.8. The van der Waals surface area contributed by atoms with E-state index in [2.05, 4.69) is 41.5 Å². The predicted molar refractivity (Wildman–Crippen MR) is 120 cm³/mol. The molecule has 5 rings (SSSR count). The Morgan fingerprint density at radius 1 is 0.967 bits per heavy atom. The van der Waals surface area contributed by atoms with Gasteiger partial charge in [0.1, 0.15) is 17.1 Å². The Bertz CT molecular complexity index is 875. The minimum absolute atomic E-state index is 0.0214. The molecular formula is C27H40O3. The molecule has 1 heterocycles. The zero-order valence-electron chi connectivity index (χ0n) is 19.7. The topological polar surface area (TPSA) is 49.7 Å². The molecule has 1 aromatic rings. The number of hydrogen-bond donors (Lipinski definition) is 2. The maximum atomic E-state index is 10.8. The molecule has 0 amide bonds. The monoisotopic (exact) mass is 412 g/mol. The lowest BCUT2D eigenvalue weighted by Crippen LogP contribution is -2.68. The van der Waals surface area contributed by atoms with Crippen molar-refractivity contribution in [3.63, 3.8) is 0 Å². The van der Waals surface area contributed by atoms with Crippen LogP contribution in [0.4, 0.5) is 0 Å². The second-order valence-electron chi connectivity index (χ2n) is 12.3. The summed E-state index contributed by atoms with van der Waals surface area (Å²) in [5.41, 5.74) is 2.60. The van der Waals surface area contributed by atoms with E-state index in [9.17, 15) is 10.2 Å². The Morgan fingerprint density at radius 3 is 2.43 bits per heavy atom. The summed E-state index contributed by atoms with van der Waals surface area (Å²) in [6.45, 7) is 14.2. The van der Waals surface area contributed by atoms with E-state index in [0.717, 1.165) is 37.0 Å². The normalized spacial score (nSPS) is 46.6. The van der Waals surface area contributed by atoms with Gasteiger partial charge in [0.2, 0.25) is 0 Å². The van der Waals surface area contributed by atoms with Crippen LogP contribution in [-0.4, -0.2) is 21.9 Å². The summed E-state index contributed by atoms with van der Waals surface area (Å²) >= 11 is 0. The van der Waals surface area contributed by atoms with Crippen LogP contribution >= 0.6 is 0 Å². The Morgan fingerprint density at radius 2 is 1.70 bits per heavy atom. The van der Waals surface area contributed by atoms with Gasteiger partial charge in [0.15, 0.2) is 0 Å². The first-order valence-electron chi connectivity index (χ1n) is 12.2. The molecule has 30 heavy (non-hydrogen) atoms. The maximum Gasteiger partial charge on any atom is 0.127 e. The van der Waals surface area contributed by atoms with Crippen LogP contribution in [0.3, 0.4) is 0 Å². The summed E-state index contributed by atoms with van der Waals surface area (Å²) < 4.78 is 6.97. The Labute approximate surface area is 182 Å². The molecule has 7 unspecified atom stereocenters. The minimum atomic E-state index is -0.189. The smallest absolute Gasteiger partial charge is 0.127 e. The van der Waals surface area contributed by atoms with Gasteiger partial charge in [-0.2, -0.15) is 0 Å². The summed E-state index contributed by atoms with van der Waals surface area (Å²) in [6, 6.07) is 3.72. The Hall–Kier alpha value is -1.22. The number of ether oxygens (including phenoxy) is 1. The number of aliphatic hydroxyl groups is 1. The third kappa shape index (κ3) is 2.36. The van der Waals surface area contributed by atoms with Crippen LogP contribution in [0.25, 0.3) is 0 Å². The molecule has 0 aromatic heterocycles. The van der Waals surface area contributed by atoms with Gasteiger partial charge in [-0.25, -0.2) is 0 Å². The first kappa shape index (κ1) is 20.7. The largest absolute Gasteiger partial charge is 0.508 e. The van der Waals surface area contributed by atoms with Crippen molar-refractivity contribution in [1.29, 1.82) is 0 Å². The fraction of sp³-hybridized carbons (Fsp3) is 0.778. The van der Waals surface area contributed by atoms with Crippen molar-refractivity contribution in [1.82, 2.24) is 0 Å². The zero-order valence-corrected chi connectivity index (χ0v) is 19.7. The molecule has 0 radical (unpaired) electrons. The van der Waals surface area contributed by atoms with Crippen molar-refractivity contribution in [2.75, 3.05) is 0 Å². The molecule has 3 saturated carbocycles. The van der Waals surface area contributed by atoms with Crippen LogP contribution in [0.15, 0.2) is 12.1 Å². The SMILES string of the molecule is Cc1cc(O)cc2c1CC1(O2)C(C)CCC2C3(C)CCC(O)C(C)(C)C3CCC21C. The van der Waals surface area contributed by atoms with Gasteiger partial charge in [-0.15, -0.1) is 0 Å². The lowest BCUT2D eigenvalue weighted by Gasteiger charge is -2.69. The molecule has 1 aromatic carbocycles. The van der Waals surface area contributed by atoms with Gasteiger partial charge in [-0.05, 0) is 85.7 Å². The summed E-state index contributed by atoms with van der Waals surface area (Å²) in [5, 5.41) is 21.0. The average Bonchev–Trinajstić information content (AvgIpc) is 3.05. The highest BCUT2D eigenvalue weighted by Crippen LogP contribution is 2.71. The van der Waals surface area contributed by atoms with Gasteiger partial charge >= 0.3 is 0 Å². The lowest BCUT2D eigenvalue weighted by atomic mass is 9.37. The molecule has 3 aliphatic carbocycles. The molecule has 3 fully saturated rings. The first-order chi connectivity index (χ1) is 14.0. The number of fused-ring (bicyclic) bond motifs is 5. The van der Waals surface area contributed by atoms with Gasteiger partial charge < -0.3 is 14.9 Å². The van der Waals surface area contributed by atoms with Gasteiger partial charge in [0.05, 0.1) is 6.10 Å². The highest BCUT2D eigenvalue weighted by molar-refractivity contribution is 5.50. The molecular weight excluding hydrogens is 372 g/mol. The van der Waals surface area contributed by atoms with Gasteiger partial charge in [0.25, 0.3) is 0 Å². The number of phenols is 1. The molecule has 3 nitrogen and oxygen atoms in total. The van der Waals surface area contributed by atoms with E-state index in [1.54, 1.807) is 0 Å². The molecule has 7 atom stereocenters. The van der Waals surface area contributed by atoms with Crippen LogP contribution in [0.1, 0.15) is 84.3 Å². The summed E-state index contributed by atoms with van der Waals surface area (Å²) in [4.78, 5) is 0. The number of benzene rings is 1. The van der Waals surface area contributed by atoms with Crippen molar-refractivity contribution >= 4 is 0 Å². The molecule has 4 aliphatic rings. The molecule has 0 saturated heterocycles. The number of phenolic OH excluding ortho intramolecular Hbond substituents is 1. The van der Waals surface area contributed by atoms with E-state index in [1.165, 1.54) is 24.8 Å². The van der Waals surface area contributed by atoms with Crippen molar-refractivity contribution in [3.8, 4) is 11.5 Å². The maximum absolute atomic E-state index is 10.8. The number of hydrogen-bond acceptors (Lipinski definition) is 3. The van der Waals surface area contributed by atoms with E-state index >= 15 is 0 Å². The number of aromatic hydroxyl groups is 1. The van der Waals surface area contributed by atoms with Gasteiger partial charge in [-0.3, -0.25) is 0 Å². The molecule has 166 valence electrons. The summed E-state index contributed by atoms with van der Waals surface area (Å²) in [5.74, 6) is 2.89. The predicted octanol–water partition coefficient (Wildman–Crippen LogP) is 6.02. The van der Waals surface area contributed by atoms with Crippen LogP contribution in [0.5, 0.6) is 11.5 Å². The molecule has 0 bridgehead atoms. The number of aryl methyl sites for hydroxylation is 1. The van der Waals surface area contributed by atoms with Crippen molar-refractivity contribution in [2.24, 2.45) is 34.0 Å². The van der Waals surface area contributed by atoms with Gasteiger partial charge in [0, 0.05) is 23.5 Å². The van der Waals surface area contributed by atoms with Crippen LogP contribution < -0.4 is 4.74 Å². The Balaban J connectivity index is 1.59. The van der Waals surface area contributed by atoms with Crippen LogP contribution in [0.2, 0.25) is 0 Å². The number of rotatable bonds is 0. The average molecular weight is 413 g/mol. The molecule has 3 heteroatoms. The fourth-order valence-electron chi connectivity index (χ4n) is 9.08. The second-order valence-corrected chi connectivity index (χ2v) is 12.3. The minimum Gasteiger partial charge on any atom is -0.508 e. The molecule has 2 N–H and O–H groups in total. The zero-order chi connectivity index (χ0) is 21.7. The summed E-state index contributed by atoms with van der Waals surface area (Å²) in [6.07, 6.45) is 7.63. The highest BCUT2D eigenvalue weighted by Gasteiger charge is 2.69. The van der Waals surface area contributed by atoms with Crippen molar-refractivity contribution in [2.45, 2.75) is 98.2 Å². The fourth-order valence-corrected chi connectivity index (χ4v) is 9.08. The van der Waals surface area contributed by atoms with E-state index in [0.29, 0.717) is 23.5 Å². The third-order valence-electron chi connectivity index (χ3n) is 10.8. The highest BCUT2D eigenvalue weighted by atomic mass is 16.5. The lowest BCUT2D eigenvalue weighted by molar-refractivity contribution is -0.238. The first-order valence-corrected chi connectivity index (χ1v) is 12.2. The number of aliphatic hydroxyl groups excluding tert-OH is 1. The molecule has 1 aliphatic heterocycles. The second kappa shape index (κ2) is 6.18. The van der Waals surface area contributed by atoms with Crippen molar-refractivity contribution in [3.05, 3.63) is 23.3 Å². The summed E-state index contributed by atoms with van der Waals surface area (Å²) in [7, 11) is 0.